The molecule has 0 atom stereocenters. The molecule has 27 heavy (non-hydrogen) atoms. The summed E-state index contributed by atoms with van der Waals surface area (Å²) in [5.74, 6) is 1.76. The zero-order chi connectivity index (χ0) is 18.9. The van der Waals surface area contributed by atoms with Gasteiger partial charge in [0.2, 0.25) is 0 Å². The average molecular weight is 383 g/mol. The van der Waals surface area contributed by atoms with Crippen molar-refractivity contribution in [1.29, 1.82) is 0 Å². The number of aromatic nitrogens is 3. The van der Waals surface area contributed by atoms with Crippen molar-refractivity contribution in [2.75, 3.05) is 13.1 Å². The van der Waals surface area contributed by atoms with Crippen LogP contribution in [-0.4, -0.2) is 33.6 Å². The van der Waals surface area contributed by atoms with E-state index in [9.17, 15) is 0 Å². The minimum atomic E-state index is 0.533. The van der Waals surface area contributed by atoms with Crippen LogP contribution in [0.3, 0.4) is 0 Å². The van der Waals surface area contributed by atoms with Gasteiger partial charge < -0.3 is 15.2 Å². The SMILES string of the molecule is CCNC(=NCc1nccn1Cc1ccccc1)NCCc1ncc(C)s1. The zero-order valence-electron chi connectivity index (χ0n) is 15.9. The van der Waals surface area contributed by atoms with Gasteiger partial charge in [-0.05, 0) is 19.4 Å². The van der Waals surface area contributed by atoms with Crippen LogP contribution in [0.5, 0.6) is 0 Å². The lowest BCUT2D eigenvalue weighted by Gasteiger charge is -2.11. The summed E-state index contributed by atoms with van der Waals surface area (Å²) in [6.45, 7) is 7.11. The fourth-order valence-electron chi connectivity index (χ4n) is 2.71. The summed E-state index contributed by atoms with van der Waals surface area (Å²) in [5, 5.41) is 7.82. The van der Waals surface area contributed by atoms with E-state index in [1.165, 1.54) is 10.4 Å². The first-order chi connectivity index (χ1) is 13.2. The fraction of sp³-hybridized carbons (Fsp3) is 0.350. The summed E-state index contributed by atoms with van der Waals surface area (Å²) in [6.07, 6.45) is 6.65. The molecule has 0 saturated carbocycles. The van der Waals surface area contributed by atoms with Crippen molar-refractivity contribution in [3.8, 4) is 0 Å². The molecule has 0 aliphatic rings. The van der Waals surface area contributed by atoms with Crippen LogP contribution < -0.4 is 10.6 Å². The molecule has 0 unspecified atom stereocenters. The average Bonchev–Trinajstić information content (AvgIpc) is 3.29. The molecular formula is C20H26N6S. The van der Waals surface area contributed by atoms with E-state index in [0.29, 0.717) is 6.54 Å². The maximum atomic E-state index is 4.69. The van der Waals surface area contributed by atoms with E-state index in [-0.39, 0.29) is 0 Å². The number of hydrogen-bond donors (Lipinski definition) is 2. The lowest BCUT2D eigenvalue weighted by atomic mass is 10.2. The minimum Gasteiger partial charge on any atom is -0.357 e. The molecule has 2 heterocycles. The molecule has 0 amide bonds. The molecule has 0 aliphatic carbocycles. The Kier molecular flexibility index (Phi) is 6.98. The molecule has 7 heteroatoms. The van der Waals surface area contributed by atoms with E-state index < -0.39 is 0 Å². The molecule has 1 aromatic carbocycles. The second kappa shape index (κ2) is 9.87. The van der Waals surface area contributed by atoms with Gasteiger partial charge in [0.15, 0.2) is 5.96 Å². The summed E-state index contributed by atoms with van der Waals surface area (Å²) in [5.41, 5.74) is 1.25. The van der Waals surface area contributed by atoms with Crippen LogP contribution in [0.2, 0.25) is 0 Å². The minimum absolute atomic E-state index is 0.533. The van der Waals surface area contributed by atoms with Gasteiger partial charge in [0, 0.05) is 49.5 Å². The number of rotatable bonds is 8. The third-order valence-electron chi connectivity index (χ3n) is 4.02. The highest BCUT2D eigenvalue weighted by Gasteiger charge is 2.05. The Morgan fingerprint density at radius 2 is 2.04 bits per heavy atom. The quantitative estimate of drug-likeness (QED) is 0.464. The van der Waals surface area contributed by atoms with Crippen molar-refractivity contribution in [2.24, 2.45) is 4.99 Å². The summed E-state index contributed by atoms with van der Waals surface area (Å²) in [6, 6.07) is 10.4. The van der Waals surface area contributed by atoms with Gasteiger partial charge in [-0.2, -0.15) is 0 Å². The molecule has 0 fully saturated rings. The first-order valence-corrected chi connectivity index (χ1v) is 10.0. The number of benzene rings is 1. The van der Waals surface area contributed by atoms with Crippen LogP contribution in [0, 0.1) is 6.92 Å². The Morgan fingerprint density at radius 3 is 2.78 bits per heavy atom. The first-order valence-electron chi connectivity index (χ1n) is 9.22. The largest absolute Gasteiger partial charge is 0.357 e. The van der Waals surface area contributed by atoms with E-state index >= 15 is 0 Å². The summed E-state index contributed by atoms with van der Waals surface area (Å²) >= 11 is 1.74. The van der Waals surface area contributed by atoms with Crippen molar-refractivity contribution in [3.63, 3.8) is 0 Å². The normalized spacial score (nSPS) is 11.6. The number of hydrogen-bond acceptors (Lipinski definition) is 4. The zero-order valence-corrected chi connectivity index (χ0v) is 16.7. The molecule has 6 nitrogen and oxygen atoms in total. The van der Waals surface area contributed by atoms with Gasteiger partial charge in [-0.15, -0.1) is 11.3 Å². The number of thiazole rings is 1. The maximum Gasteiger partial charge on any atom is 0.191 e. The highest BCUT2D eigenvalue weighted by atomic mass is 32.1. The van der Waals surface area contributed by atoms with Crippen molar-refractivity contribution >= 4 is 17.3 Å². The second-order valence-electron chi connectivity index (χ2n) is 6.19. The van der Waals surface area contributed by atoms with Gasteiger partial charge >= 0.3 is 0 Å². The number of aliphatic imine (C=N–C) groups is 1. The molecule has 0 radical (unpaired) electrons. The van der Waals surface area contributed by atoms with Crippen LogP contribution in [0.1, 0.15) is 28.2 Å². The van der Waals surface area contributed by atoms with Crippen LogP contribution >= 0.6 is 11.3 Å². The van der Waals surface area contributed by atoms with Gasteiger partial charge in [-0.1, -0.05) is 30.3 Å². The van der Waals surface area contributed by atoms with Crippen LogP contribution in [0.4, 0.5) is 0 Å². The van der Waals surface area contributed by atoms with Crippen LogP contribution in [0.15, 0.2) is 53.9 Å². The topological polar surface area (TPSA) is 67.1 Å². The van der Waals surface area contributed by atoms with Gasteiger partial charge in [0.25, 0.3) is 0 Å². The third kappa shape index (κ3) is 5.92. The second-order valence-corrected chi connectivity index (χ2v) is 7.51. The molecule has 0 spiro atoms. The Hall–Kier alpha value is -2.67. The molecule has 0 saturated heterocycles. The maximum absolute atomic E-state index is 4.69. The molecule has 2 aromatic heterocycles. The van der Waals surface area contributed by atoms with E-state index in [4.69, 9.17) is 0 Å². The van der Waals surface area contributed by atoms with Crippen molar-refractivity contribution in [2.45, 2.75) is 33.4 Å². The molecular weight excluding hydrogens is 356 g/mol. The Bertz CT molecular complexity index is 852. The van der Waals surface area contributed by atoms with Crippen molar-refractivity contribution < 1.29 is 0 Å². The van der Waals surface area contributed by atoms with Crippen molar-refractivity contribution in [3.05, 3.63) is 70.2 Å². The van der Waals surface area contributed by atoms with Gasteiger partial charge in [0.05, 0.1) is 5.01 Å². The molecule has 3 aromatic rings. The number of aryl methyl sites for hydroxylation is 1. The lowest BCUT2D eigenvalue weighted by Crippen LogP contribution is -2.38. The summed E-state index contributed by atoms with van der Waals surface area (Å²) in [4.78, 5) is 14.8. The number of nitrogens with zero attached hydrogens (tertiary/aromatic N) is 4. The standard InChI is InChI=1S/C20H26N6S/c1-3-21-20(23-10-9-19-24-13-16(2)27-19)25-14-18-22-11-12-26(18)15-17-7-5-4-6-8-17/h4-8,11-13H,3,9-10,14-15H2,1-2H3,(H2,21,23,25). The van der Waals surface area contributed by atoms with E-state index in [1.54, 1.807) is 11.3 Å². The predicted molar refractivity (Wildman–Crippen MR) is 111 cm³/mol. The van der Waals surface area contributed by atoms with E-state index in [1.807, 2.05) is 24.7 Å². The number of guanidine groups is 1. The predicted octanol–water partition coefficient (Wildman–Crippen LogP) is 2.99. The lowest BCUT2D eigenvalue weighted by molar-refractivity contribution is 0.716. The monoisotopic (exact) mass is 382 g/mol. The number of nitrogens with one attached hydrogen (secondary N) is 2. The van der Waals surface area contributed by atoms with E-state index in [2.05, 4.69) is 68.3 Å². The highest BCUT2D eigenvalue weighted by molar-refractivity contribution is 7.11. The van der Waals surface area contributed by atoms with Gasteiger partial charge in [-0.3, -0.25) is 0 Å². The molecule has 3 rings (SSSR count). The molecule has 0 bridgehead atoms. The van der Waals surface area contributed by atoms with Crippen LogP contribution in [-0.2, 0) is 19.5 Å². The molecule has 142 valence electrons. The van der Waals surface area contributed by atoms with Gasteiger partial charge in [0.1, 0.15) is 12.4 Å². The molecule has 2 N–H and O–H groups in total. The molecule has 0 aliphatic heterocycles. The Labute approximate surface area is 164 Å². The third-order valence-corrected chi connectivity index (χ3v) is 4.99. The Morgan fingerprint density at radius 1 is 1.19 bits per heavy atom. The fourth-order valence-corrected chi connectivity index (χ4v) is 3.50. The van der Waals surface area contributed by atoms with Gasteiger partial charge in [-0.25, -0.2) is 15.0 Å². The smallest absolute Gasteiger partial charge is 0.191 e. The van der Waals surface area contributed by atoms with Crippen LogP contribution in [0.25, 0.3) is 0 Å². The highest BCUT2D eigenvalue weighted by Crippen LogP contribution is 2.11. The Balaban J connectivity index is 1.57. The summed E-state index contributed by atoms with van der Waals surface area (Å²) < 4.78 is 2.14. The first kappa shape index (κ1) is 19.1. The van der Waals surface area contributed by atoms with E-state index in [0.717, 1.165) is 42.8 Å². The summed E-state index contributed by atoms with van der Waals surface area (Å²) in [7, 11) is 0. The van der Waals surface area contributed by atoms with Crippen molar-refractivity contribution in [1.82, 2.24) is 25.2 Å². The number of imidazole rings is 1.